The average molecular weight is 372 g/mol. The number of amides is 1. The molecule has 3 aromatic rings. The summed E-state index contributed by atoms with van der Waals surface area (Å²) in [7, 11) is -3.34. The van der Waals surface area contributed by atoms with Crippen molar-refractivity contribution in [3.05, 3.63) is 65.2 Å². The maximum absolute atomic E-state index is 12.5. The van der Waals surface area contributed by atoms with Gasteiger partial charge in [0.25, 0.3) is 5.91 Å². The SMILES string of the molecule is Cc1ccc(S(C)(=O)=O)cc1NC(=O)c1csc(-c2ccccc2)n1. The van der Waals surface area contributed by atoms with Crippen molar-refractivity contribution in [1.82, 2.24) is 4.98 Å². The minimum Gasteiger partial charge on any atom is -0.320 e. The predicted molar refractivity (Wildman–Crippen MR) is 99.8 cm³/mol. The Kier molecular flexibility index (Phi) is 4.69. The topological polar surface area (TPSA) is 76.1 Å². The van der Waals surface area contributed by atoms with Crippen molar-refractivity contribution in [2.45, 2.75) is 11.8 Å². The summed E-state index contributed by atoms with van der Waals surface area (Å²) >= 11 is 1.39. The van der Waals surface area contributed by atoms with Gasteiger partial charge in [-0.3, -0.25) is 4.79 Å². The number of aromatic nitrogens is 1. The molecule has 1 amide bonds. The van der Waals surface area contributed by atoms with Gasteiger partial charge in [0.2, 0.25) is 0 Å². The molecule has 1 aromatic heterocycles. The normalized spacial score (nSPS) is 11.3. The van der Waals surface area contributed by atoms with Crippen LogP contribution < -0.4 is 5.32 Å². The molecule has 0 saturated heterocycles. The maximum atomic E-state index is 12.5. The molecule has 1 heterocycles. The van der Waals surface area contributed by atoms with E-state index < -0.39 is 9.84 Å². The van der Waals surface area contributed by atoms with Gasteiger partial charge in [-0.2, -0.15) is 0 Å². The highest BCUT2D eigenvalue weighted by Gasteiger charge is 2.15. The molecule has 7 heteroatoms. The lowest BCUT2D eigenvalue weighted by atomic mass is 10.2. The summed E-state index contributed by atoms with van der Waals surface area (Å²) < 4.78 is 23.4. The Morgan fingerprint density at radius 1 is 1.12 bits per heavy atom. The lowest BCUT2D eigenvalue weighted by Crippen LogP contribution is -2.13. The van der Waals surface area contributed by atoms with Gasteiger partial charge < -0.3 is 5.32 Å². The van der Waals surface area contributed by atoms with Gasteiger partial charge in [0.15, 0.2) is 9.84 Å². The lowest BCUT2D eigenvalue weighted by molar-refractivity contribution is 0.102. The monoisotopic (exact) mass is 372 g/mol. The fraction of sp³-hybridized carbons (Fsp3) is 0.111. The Morgan fingerprint density at radius 3 is 2.52 bits per heavy atom. The number of hydrogen-bond donors (Lipinski definition) is 1. The first-order valence-corrected chi connectivity index (χ1v) is 10.2. The summed E-state index contributed by atoms with van der Waals surface area (Å²) in [4.78, 5) is 17.0. The minimum absolute atomic E-state index is 0.164. The first-order chi connectivity index (χ1) is 11.8. The number of carbonyl (C=O) groups is 1. The molecule has 0 bridgehead atoms. The molecule has 0 saturated carbocycles. The van der Waals surface area contributed by atoms with E-state index in [2.05, 4.69) is 10.3 Å². The first-order valence-electron chi connectivity index (χ1n) is 7.47. The van der Waals surface area contributed by atoms with Crippen LogP contribution in [0.15, 0.2) is 58.8 Å². The molecule has 25 heavy (non-hydrogen) atoms. The minimum atomic E-state index is -3.34. The molecule has 0 atom stereocenters. The van der Waals surface area contributed by atoms with Crippen molar-refractivity contribution in [2.75, 3.05) is 11.6 Å². The van der Waals surface area contributed by atoms with E-state index in [9.17, 15) is 13.2 Å². The Hall–Kier alpha value is -2.51. The maximum Gasteiger partial charge on any atom is 0.275 e. The molecule has 0 spiro atoms. The summed E-state index contributed by atoms with van der Waals surface area (Å²) in [6.07, 6.45) is 1.13. The van der Waals surface area contributed by atoms with E-state index in [1.165, 1.54) is 23.5 Å². The number of anilines is 1. The number of aryl methyl sites for hydroxylation is 1. The van der Waals surface area contributed by atoms with Crippen molar-refractivity contribution >= 4 is 32.8 Å². The highest BCUT2D eigenvalue weighted by atomic mass is 32.2. The molecule has 2 aromatic carbocycles. The Balaban J connectivity index is 1.85. The fourth-order valence-electron chi connectivity index (χ4n) is 2.24. The predicted octanol–water partition coefficient (Wildman–Crippen LogP) is 3.77. The Bertz CT molecular complexity index is 1030. The van der Waals surface area contributed by atoms with Gasteiger partial charge in [-0.05, 0) is 24.6 Å². The lowest BCUT2D eigenvalue weighted by Gasteiger charge is -2.09. The van der Waals surface area contributed by atoms with E-state index in [0.717, 1.165) is 22.4 Å². The first kappa shape index (κ1) is 17.3. The summed E-state index contributed by atoms with van der Waals surface area (Å²) in [5.74, 6) is -0.368. The van der Waals surface area contributed by atoms with Gasteiger partial charge in [0.1, 0.15) is 10.7 Å². The molecule has 128 valence electrons. The smallest absolute Gasteiger partial charge is 0.275 e. The standard InChI is InChI=1S/C18H16N2O3S2/c1-12-8-9-14(25(2,22)23)10-15(12)19-17(21)16-11-24-18(20-16)13-6-4-3-5-7-13/h3-11H,1-2H3,(H,19,21). The number of hydrogen-bond acceptors (Lipinski definition) is 5. The van der Waals surface area contributed by atoms with Gasteiger partial charge in [-0.25, -0.2) is 13.4 Å². The summed E-state index contributed by atoms with van der Waals surface area (Å²) in [6, 6.07) is 14.3. The van der Waals surface area contributed by atoms with Crippen LogP contribution in [0.2, 0.25) is 0 Å². The van der Waals surface area contributed by atoms with Crippen molar-refractivity contribution < 1.29 is 13.2 Å². The number of sulfone groups is 1. The second-order valence-electron chi connectivity index (χ2n) is 5.61. The molecule has 0 radical (unpaired) electrons. The van der Waals surface area contributed by atoms with Crippen LogP contribution in [0.4, 0.5) is 5.69 Å². The molecular formula is C18H16N2O3S2. The van der Waals surface area contributed by atoms with Crippen molar-refractivity contribution in [1.29, 1.82) is 0 Å². The van der Waals surface area contributed by atoms with E-state index in [1.54, 1.807) is 18.4 Å². The molecule has 0 aliphatic heterocycles. The van der Waals surface area contributed by atoms with Crippen LogP contribution in [0.25, 0.3) is 10.6 Å². The van der Waals surface area contributed by atoms with Crippen LogP contribution in [0.5, 0.6) is 0 Å². The van der Waals surface area contributed by atoms with Gasteiger partial charge in [0, 0.05) is 22.9 Å². The number of nitrogens with one attached hydrogen (secondary N) is 1. The third kappa shape index (κ3) is 3.94. The zero-order valence-corrected chi connectivity index (χ0v) is 15.3. The van der Waals surface area contributed by atoms with Crippen molar-refractivity contribution in [2.24, 2.45) is 0 Å². The van der Waals surface area contributed by atoms with E-state index in [1.807, 2.05) is 30.3 Å². The van der Waals surface area contributed by atoms with Gasteiger partial charge in [-0.1, -0.05) is 36.4 Å². The number of carbonyl (C=O) groups excluding carboxylic acids is 1. The molecule has 0 aliphatic carbocycles. The molecular weight excluding hydrogens is 356 g/mol. The fourth-order valence-corrected chi connectivity index (χ4v) is 3.70. The quantitative estimate of drug-likeness (QED) is 0.756. The highest BCUT2D eigenvalue weighted by Crippen LogP contribution is 2.25. The third-order valence-electron chi connectivity index (χ3n) is 3.64. The molecule has 0 unspecified atom stereocenters. The average Bonchev–Trinajstić information content (AvgIpc) is 3.07. The second-order valence-corrected chi connectivity index (χ2v) is 8.48. The Morgan fingerprint density at radius 2 is 1.84 bits per heavy atom. The van der Waals surface area contributed by atoms with Crippen LogP contribution in [0.3, 0.4) is 0 Å². The zero-order valence-electron chi connectivity index (χ0n) is 13.7. The zero-order chi connectivity index (χ0) is 18.0. The molecule has 5 nitrogen and oxygen atoms in total. The number of benzene rings is 2. The van der Waals surface area contributed by atoms with E-state index in [-0.39, 0.29) is 10.8 Å². The molecule has 0 fully saturated rings. The van der Waals surface area contributed by atoms with Crippen LogP contribution >= 0.6 is 11.3 Å². The van der Waals surface area contributed by atoms with Gasteiger partial charge >= 0.3 is 0 Å². The summed E-state index contributed by atoms with van der Waals surface area (Å²) in [6.45, 7) is 1.80. The Labute approximate surface area is 150 Å². The van der Waals surface area contributed by atoms with Gasteiger partial charge in [-0.15, -0.1) is 11.3 Å². The van der Waals surface area contributed by atoms with Crippen LogP contribution in [0.1, 0.15) is 16.1 Å². The van der Waals surface area contributed by atoms with Crippen LogP contribution in [0, 0.1) is 6.92 Å². The van der Waals surface area contributed by atoms with Gasteiger partial charge in [0.05, 0.1) is 4.90 Å². The van der Waals surface area contributed by atoms with E-state index in [0.29, 0.717) is 11.4 Å². The van der Waals surface area contributed by atoms with Crippen LogP contribution in [-0.2, 0) is 9.84 Å². The summed E-state index contributed by atoms with van der Waals surface area (Å²) in [5, 5.41) is 5.19. The molecule has 1 N–H and O–H groups in total. The van der Waals surface area contributed by atoms with E-state index in [4.69, 9.17) is 0 Å². The number of nitrogens with zero attached hydrogens (tertiary/aromatic N) is 1. The van der Waals surface area contributed by atoms with Crippen LogP contribution in [-0.4, -0.2) is 25.6 Å². The highest BCUT2D eigenvalue weighted by molar-refractivity contribution is 7.90. The largest absolute Gasteiger partial charge is 0.320 e. The number of thiazole rings is 1. The van der Waals surface area contributed by atoms with Crippen molar-refractivity contribution in [3.8, 4) is 10.6 Å². The summed E-state index contributed by atoms with van der Waals surface area (Å²) in [5.41, 5.74) is 2.48. The van der Waals surface area contributed by atoms with E-state index >= 15 is 0 Å². The molecule has 3 rings (SSSR count). The number of rotatable bonds is 4. The second kappa shape index (κ2) is 6.78. The van der Waals surface area contributed by atoms with Crippen molar-refractivity contribution in [3.63, 3.8) is 0 Å². The third-order valence-corrected chi connectivity index (χ3v) is 5.64. The molecule has 0 aliphatic rings.